The third-order valence-corrected chi connectivity index (χ3v) is 6.03. The van der Waals surface area contributed by atoms with Gasteiger partial charge in [0, 0.05) is 13.1 Å². The van der Waals surface area contributed by atoms with Crippen molar-refractivity contribution in [1.29, 1.82) is 0 Å². The molecule has 20 heavy (non-hydrogen) atoms. The second-order valence-electron chi connectivity index (χ2n) is 5.72. The molecule has 4 nitrogen and oxygen atoms in total. The minimum Gasteiger partial charge on any atom is -0.330 e. The molecule has 1 aliphatic heterocycles. The number of hydrogen-bond acceptors (Lipinski definition) is 3. The van der Waals surface area contributed by atoms with Gasteiger partial charge in [-0.15, -0.1) is 0 Å². The zero-order valence-electron chi connectivity index (χ0n) is 12.3. The van der Waals surface area contributed by atoms with Crippen LogP contribution in [0.3, 0.4) is 0 Å². The largest absolute Gasteiger partial charge is 0.330 e. The van der Waals surface area contributed by atoms with Crippen LogP contribution >= 0.6 is 0 Å². The first-order chi connectivity index (χ1) is 9.45. The third-order valence-electron chi connectivity index (χ3n) is 4.00. The van der Waals surface area contributed by atoms with E-state index in [9.17, 15) is 8.42 Å². The molecular weight excluding hydrogens is 272 g/mol. The lowest BCUT2D eigenvalue weighted by Gasteiger charge is -2.32. The summed E-state index contributed by atoms with van der Waals surface area (Å²) in [4.78, 5) is 0.441. The summed E-state index contributed by atoms with van der Waals surface area (Å²) in [7, 11) is -3.37. The molecule has 1 aromatic carbocycles. The molecule has 0 saturated carbocycles. The SMILES string of the molecule is Cc1ccc(S(=O)(=O)N2CCCC(CCN)C2)c(C)c1. The van der Waals surface area contributed by atoms with Crippen LogP contribution in [-0.4, -0.2) is 32.4 Å². The molecular formula is C15H24N2O2S. The Hall–Kier alpha value is -0.910. The van der Waals surface area contributed by atoms with Crippen LogP contribution in [0.25, 0.3) is 0 Å². The zero-order chi connectivity index (χ0) is 14.8. The van der Waals surface area contributed by atoms with Crippen molar-refractivity contribution in [3.63, 3.8) is 0 Å². The Morgan fingerprint density at radius 2 is 2.10 bits per heavy atom. The first kappa shape index (κ1) is 15.5. The summed E-state index contributed by atoms with van der Waals surface area (Å²) in [6.45, 7) is 5.69. The highest BCUT2D eigenvalue weighted by Crippen LogP contribution is 2.27. The van der Waals surface area contributed by atoms with Crippen molar-refractivity contribution in [2.45, 2.75) is 38.0 Å². The highest BCUT2D eigenvalue weighted by molar-refractivity contribution is 7.89. The van der Waals surface area contributed by atoms with Crippen molar-refractivity contribution in [3.05, 3.63) is 29.3 Å². The minimum absolute atomic E-state index is 0.397. The summed E-state index contributed by atoms with van der Waals surface area (Å²) in [6.07, 6.45) is 2.91. The summed E-state index contributed by atoms with van der Waals surface area (Å²) in [5.41, 5.74) is 7.51. The van der Waals surface area contributed by atoms with E-state index in [2.05, 4.69) is 0 Å². The molecule has 1 aliphatic rings. The van der Waals surface area contributed by atoms with Crippen LogP contribution in [0.1, 0.15) is 30.4 Å². The lowest BCUT2D eigenvalue weighted by molar-refractivity contribution is 0.258. The molecule has 1 atom stereocenters. The van der Waals surface area contributed by atoms with Gasteiger partial charge in [0.05, 0.1) is 4.90 Å². The first-order valence-electron chi connectivity index (χ1n) is 7.22. The average Bonchev–Trinajstić information content (AvgIpc) is 2.39. The fourth-order valence-corrected chi connectivity index (χ4v) is 4.70. The number of nitrogens with zero attached hydrogens (tertiary/aromatic N) is 1. The average molecular weight is 296 g/mol. The Morgan fingerprint density at radius 1 is 1.35 bits per heavy atom. The van der Waals surface area contributed by atoms with E-state index in [1.807, 2.05) is 26.0 Å². The zero-order valence-corrected chi connectivity index (χ0v) is 13.1. The number of piperidine rings is 1. The molecule has 2 rings (SSSR count). The minimum atomic E-state index is -3.37. The number of sulfonamides is 1. The predicted octanol–water partition coefficient (Wildman–Crippen LogP) is 2.05. The van der Waals surface area contributed by atoms with E-state index in [4.69, 9.17) is 5.73 Å². The van der Waals surface area contributed by atoms with E-state index in [0.717, 1.165) is 30.4 Å². The molecule has 0 spiro atoms. The molecule has 1 saturated heterocycles. The van der Waals surface area contributed by atoms with Crippen molar-refractivity contribution in [1.82, 2.24) is 4.31 Å². The number of hydrogen-bond donors (Lipinski definition) is 1. The maximum atomic E-state index is 12.8. The molecule has 0 aliphatic carbocycles. The summed E-state index contributed by atoms with van der Waals surface area (Å²) >= 11 is 0. The molecule has 1 fully saturated rings. The summed E-state index contributed by atoms with van der Waals surface area (Å²) < 4.78 is 27.2. The van der Waals surface area contributed by atoms with E-state index in [-0.39, 0.29) is 0 Å². The van der Waals surface area contributed by atoms with Crippen molar-refractivity contribution >= 4 is 10.0 Å². The molecule has 5 heteroatoms. The monoisotopic (exact) mass is 296 g/mol. The van der Waals surface area contributed by atoms with Gasteiger partial charge in [0.1, 0.15) is 0 Å². The third kappa shape index (κ3) is 3.22. The van der Waals surface area contributed by atoms with Gasteiger partial charge < -0.3 is 5.73 Å². The van der Waals surface area contributed by atoms with Crippen LogP contribution in [0.2, 0.25) is 0 Å². The second kappa shape index (κ2) is 6.24. The van der Waals surface area contributed by atoms with Crippen LogP contribution in [0.15, 0.2) is 23.1 Å². The Bertz CT molecular complexity index is 567. The quantitative estimate of drug-likeness (QED) is 0.925. The van der Waals surface area contributed by atoms with Crippen molar-refractivity contribution < 1.29 is 8.42 Å². The number of benzene rings is 1. The van der Waals surface area contributed by atoms with Gasteiger partial charge in [-0.2, -0.15) is 4.31 Å². The Kier molecular flexibility index (Phi) is 4.83. The predicted molar refractivity (Wildman–Crippen MR) is 81.1 cm³/mol. The number of aryl methyl sites for hydroxylation is 2. The van der Waals surface area contributed by atoms with E-state index in [1.54, 1.807) is 10.4 Å². The van der Waals surface area contributed by atoms with Gasteiger partial charge in [-0.25, -0.2) is 8.42 Å². The van der Waals surface area contributed by atoms with Gasteiger partial charge in [0.2, 0.25) is 10.0 Å². The fourth-order valence-electron chi connectivity index (χ4n) is 2.94. The van der Waals surface area contributed by atoms with E-state index in [0.29, 0.717) is 30.4 Å². The van der Waals surface area contributed by atoms with Crippen LogP contribution in [0.4, 0.5) is 0 Å². The van der Waals surface area contributed by atoms with Crippen molar-refractivity contribution in [2.24, 2.45) is 11.7 Å². The van der Waals surface area contributed by atoms with Gasteiger partial charge in [-0.1, -0.05) is 17.7 Å². The number of rotatable bonds is 4. The maximum Gasteiger partial charge on any atom is 0.243 e. The van der Waals surface area contributed by atoms with Crippen molar-refractivity contribution in [2.75, 3.05) is 19.6 Å². The van der Waals surface area contributed by atoms with Gasteiger partial charge >= 0.3 is 0 Å². The van der Waals surface area contributed by atoms with Gasteiger partial charge in [-0.05, 0) is 57.2 Å². The van der Waals surface area contributed by atoms with Gasteiger partial charge in [0.25, 0.3) is 0 Å². The lowest BCUT2D eigenvalue weighted by atomic mass is 9.96. The molecule has 0 aromatic heterocycles. The Balaban J connectivity index is 2.25. The topological polar surface area (TPSA) is 63.4 Å². The van der Waals surface area contributed by atoms with E-state index < -0.39 is 10.0 Å². The van der Waals surface area contributed by atoms with Crippen LogP contribution in [0, 0.1) is 19.8 Å². The highest BCUT2D eigenvalue weighted by Gasteiger charge is 2.30. The summed E-state index contributed by atoms with van der Waals surface area (Å²) in [5.74, 6) is 0.397. The highest BCUT2D eigenvalue weighted by atomic mass is 32.2. The molecule has 0 amide bonds. The molecule has 2 N–H and O–H groups in total. The number of nitrogens with two attached hydrogens (primary N) is 1. The van der Waals surface area contributed by atoms with Crippen molar-refractivity contribution in [3.8, 4) is 0 Å². The Labute approximate surface area is 122 Å². The van der Waals surface area contributed by atoms with Crippen LogP contribution < -0.4 is 5.73 Å². The van der Waals surface area contributed by atoms with Crippen LogP contribution in [-0.2, 0) is 10.0 Å². The van der Waals surface area contributed by atoms with Gasteiger partial charge in [0.15, 0.2) is 0 Å². The summed E-state index contributed by atoms with van der Waals surface area (Å²) in [5, 5.41) is 0. The molecule has 0 bridgehead atoms. The lowest BCUT2D eigenvalue weighted by Crippen LogP contribution is -2.40. The van der Waals surface area contributed by atoms with E-state index in [1.165, 1.54) is 0 Å². The van der Waals surface area contributed by atoms with Crippen LogP contribution in [0.5, 0.6) is 0 Å². The molecule has 112 valence electrons. The maximum absolute atomic E-state index is 12.8. The smallest absolute Gasteiger partial charge is 0.243 e. The molecule has 1 aromatic rings. The normalized spacial score (nSPS) is 21.1. The molecule has 1 heterocycles. The molecule has 1 unspecified atom stereocenters. The molecule has 0 radical (unpaired) electrons. The second-order valence-corrected chi connectivity index (χ2v) is 7.62. The fraction of sp³-hybridized carbons (Fsp3) is 0.600. The Morgan fingerprint density at radius 3 is 2.75 bits per heavy atom. The van der Waals surface area contributed by atoms with Gasteiger partial charge in [-0.3, -0.25) is 0 Å². The van der Waals surface area contributed by atoms with E-state index >= 15 is 0 Å². The standard InChI is InChI=1S/C15H24N2O2S/c1-12-5-6-15(13(2)10-12)20(18,19)17-9-3-4-14(11-17)7-8-16/h5-6,10,14H,3-4,7-9,11,16H2,1-2H3. The summed E-state index contributed by atoms with van der Waals surface area (Å²) in [6, 6.07) is 5.52. The first-order valence-corrected chi connectivity index (χ1v) is 8.66.